The molecule has 16 heavy (non-hydrogen) atoms. The fourth-order valence-electron chi connectivity index (χ4n) is 1.84. The van der Waals surface area contributed by atoms with Crippen molar-refractivity contribution in [1.29, 1.82) is 0 Å². The van der Waals surface area contributed by atoms with E-state index in [2.05, 4.69) is 46.0 Å². The van der Waals surface area contributed by atoms with E-state index in [-0.39, 0.29) is 0 Å². The third-order valence-electron chi connectivity index (χ3n) is 3.13. The first-order chi connectivity index (χ1) is 7.60. The summed E-state index contributed by atoms with van der Waals surface area (Å²) in [6.07, 6.45) is 0. The molecule has 88 valence electrons. The Morgan fingerprint density at radius 3 is 2.38 bits per heavy atom. The molecule has 0 aromatic heterocycles. The molecule has 0 radical (unpaired) electrons. The molecule has 0 bridgehead atoms. The van der Waals surface area contributed by atoms with E-state index >= 15 is 0 Å². The summed E-state index contributed by atoms with van der Waals surface area (Å²) in [5, 5.41) is 0. The maximum absolute atomic E-state index is 5.35. The van der Waals surface area contributed by atoms with E-state index in [0.29, 0.717) is 0 Å². The van der Waals surface area contributed by atoms with Crippen molar-refractivity contribution in [3.8, 4) is 0 Å². The average Bonchev–Trinajstić information content (AvgIpc) is 2.23. The predicted octanol–water partition coefficient (Wildman–Crippen LogP) is 2.57. The van der Waals surface area contributed by atoms with Gasteiger partial charge in [0, 0.05) is 24.4 Å². The Bertz CT molecular complexity index is 383. The smallest absolute Gasteiger partial charge is 0.203 e. The van der Waals surface area contributed by atoms with Crippen LogP contribution < -0.4 is 4.90 Å². The van der Waals surface area contributed by atoms with Crippen LogP contribution in [-0.4, -0.2) is 33.1 Å². The van der Waals surface area contributed by atoms with Crippen molar-refractivity contribution in [3.05, 3.63) is 28.2 Å². The summed E-state index contributed by atoms with van der Waals surface area (Å²) in [7, 11) is 3.37. The van der Waals surface area contributed by atoms with Gasteiger partial charge in [-0.3, -0.25) is 0 Å². The number of halogens is 1. The molecule has 1 aliphatic rings. The topological polar surface area (TPSA) is 21.7 Å². The van der Waals surface area contributed by atoms with Crippen LogP contribution in [0.4, 0.5) is 5.69 Å². The normalized spacial score (nSPS) is 18.4. The summed E-state index contributed by atoms with van der Waals surface area (Å²) in [5.41, 5.74) is 2.44. The second-order valence-electron chi connectivity index (χ2n) is 4.11. The molecule has 2 rings (SSSR count). The number of methoxy groups -OCH3 is 2. The number of nitrogens with zero attached hydrogens (tertiary/aromatic N) is 1. The van der Waals surface area contributed by atoms with Gasteiger partial charge in [-0.25, -0.2) is 0 Å². The Kier molecular flexibility index (Phi) is 3.24. The molecule has 1 heterocycles. The molecule has 0 N–H and O–H groups in total. The molecule has 0 unspecified atom stereocenters. The molecule has 1 saturated heterocycles. The number of ether oxygens (including phenoxy) is 2. The first kappa shape index (κ1) is 11.9. The molecule has 1 aromatic rings. The van der Waals surface area contributed by atoms with Crippen LogP contribution in [0.15, 0.2) is 22.7 Å². The third kappa shape index (κ3) is 1.97. The Hall–Kier alpha value is -0.580. The van der Waals surface area contributed by atoms with Gasteiger partial charge in [0.1, 0.15) is 0 Å². The fourth-order valence-corrected chi connectivity index (χ4v) is 2.20. The number of hydrogen-bond donors (Lipinski definition) is 0. The highest BCUT2D eigenvalue weighted by atomic mass is 79.9. The van der Waals surface area contributed by atoms with Crippen LogP contribution in [0, 0.1) is 6.92 Å². The van der Waals surface area contributed by atoms with Crippen LogP contribution in [0.3, 0.4) is 0 Å². The van der Waals surface area contributed by atoms with Gasteiger partial charge in [-0.1, -0.05) is 22.0 Å². The van der Waals surface area contributed by atoms with Crippen molar-refractivity contribution in [3.63, 3.8) is 0 Å². The first-order valence-electron chi connectivity index (χ1n) is 5.21. The van der Waals surface area contributed by atoms with Crippen LogP contribution in [-0.2, 0) is 9.47 Å². The highest BCUT2D eigenvalue weighted by molar-refractivity contribution is 9.10. The molecule has 4 heteroatoms. The highest BCUT2D eigenvalue weighted by Gasteiger charge is 2.43. The van der Waals surface area contributed by atoms with Gasteiger partial charge >= 0.3 is 0 Å². The van der Waals surface area contributed by atoms with Crippen molar-refractivity contribution in [2.24, 2.45) is 0 Å². The summed E-state index contributed by atoms with van der Waals surface area (Å²) < 4.78 is 11.8. The van der Waals surface area contributed by atoms with E-state index in [9.17, 15) is 0 Å². The maximum atomic E-state index is 5.35. The third-order valence-corrected chi connectivity index (χ3v) is 3.98. The molecule has 1 aromatic carbocycles. The maximum Gasteiger partial charge on any atom is 0.203 e. The van der Waals surface area contributed by atoms with Crippen LogP contribution >= 0.6 is 15.9 Å². The minimum Gasteiger partial charge on any atom is -0.361 e. The quantitative estimate of drug-likeness (QED) is 0.797. The van der Waals surface area contributed by atoms with Gasteiger partial charge < -0.3 is 14.4 Å². The van der Waals surface area contributed by atoms with Crippen molar-refractivity contribution in [2.75, 3.05) is 32.2 Å². The molecule has 1 aliphatic heterocycles. The number of aryl methyl sites for hydroxylation is 1. The summed E-state index contributed by atoms with van der Waals surface area (Å²) in [6, 6.07) is 6.36. The van der Waals surface area contributed by atoms with E-state index in [4.69, 9.17) is 9.47 Å². The Balaban J connectivity index is 2.09. The van der Waals surface area contributed by atoms with E-state index in [1.54, 1.807) is 14.2 Å². The minimum atomic E-state index is -0.419. The van der Waals surface area contributed by atoms with E-state index in [1.165, 1.54) is 11.3 Å². The van der Waals surface area contributed by atoms with E-state index < -0.39 is 5.79 Å². The van der Waals surface area contributed by atoms with Crippen LogP contribution in [0.25, 0.3) is 0 Å². The number of rotatable bonds is 3. The summed E-state index contributed by atoms with van der Waals surface area (Å²) in [6.45, 7) is 3.63. The van der Waals surface area contributed by atoms with Gasteiger partial charge in [-0.2, -0.15) is 0 Å². The summed E-state index contributed by atoms with van der Waals surface area (Å²) in [5.74, 6) is -0.419. The van der Waals surface area contributed by atoms with Crippen LogP contribution in [0.2, 0.25) is 0 Å². The van der Waals surface area contributed by atoms with Gasteiger partial charge in [0.05, 0.1) is 13.1 Å². The molecule has 1 fully saturated rings. The molecule has 3 nitrogen and oxygen atoms in total. The van der Waals surface area contributed by atoms with Crippen molar-refractivity contribution in [2.45, 2.75) is 12.7 Å². The molecule has 0 spiro atoms. The standard InChI is InChI=1S/C12H16BrNO2/c1-9-4-5-10(6-11(9)13)14-7-12(8-14,15-2)16-3/h4-6H,7-8H2,1-3H3. The zero-order chi connectivity index (χ0) is 11.8. The first-order valence-corrected chi connectivity index (χ1v) is 6.01. The lowest BCUT2D eigenvalue weighted by molar-refractivity contribution is -0.219. The van der Waals surface area contributed by atoms with Gasteiger partial charge in [0.2, 0.25) is 5.79 Å². The lowest BCUT2D eigenvalue weighted by Gasteiger charge is -2.48. The van der Waals surface area contributed by atoms with Crippen molar-refractivity contribution >= 4 is 21.6 Å². The number of hydrogen-bond acceptors (Lipinski definition) is 3. The average molecular weight is 286 g/mol. The zero-order valence-electron chi connectivity index (χ0n) is 9.79. The number of benzene rings is 1. The lowest BCUT2D eigenvalue weighted by Crippen LogP contribution is -2.64. The van der Waals surface area contributed by atoms with Gasteiger partial charge in [0.15, 0.2) is 0 Å². The molecule has 0 atom stereocenters. The SMILES string of the molecule is COC1(OC)CN(c2ccc(C)c(Br)c2)C1. The number of anilines is 1. The second-order valence-corrected chi connectivity index (χ2v) is 4.96. The minimum absolute atomic E-state index is 0.419. The van der Waals surface area contributed by atoms with Crippen molar-refractivity contribution < 1.29 is 9.47 Å². The Morgan fingerprint density at radius 1 is 1.25 bits per heavy atom. The molecular weight excluding hydrogens is 270 g/mol. The Morgan fingerprint density at radius 2 is 1.88 bits per heavy atom. The highest BCUT2D eigenvalue weighted by Crippen LogP contribution is 2.32. The largest absolute Gasteiger partial charge is 0.361 e. The van der Waals surface area contributed by atoms with Gasteiger partial charge in [-0.15, -0.1) is 0 Å². The molecular formula is C12H16BrNO2. The Labute approximate surface area is 104 Å². The van der Waals surface area contributed by atoms with Crippen LogP contribution in [0.1, 0.15) is 5.56 Å². The van der Waals surface area contributed by atoms with Gasteiger partial charge in [0.25, 0.3) is 0 Å². The monoisotopic (exact) mass is 285 g/mol. The summed E-state index contributed by atoms with van der Waals surface area (Å²) >= 11 is 3.54. The zero-order valence-corrected chi connectivity index (χ0v) is 11.4. The lowest BCUT2D eigenvalue weighted by atomic mass is 10.1. The van der Waals surface area contributed by atoms with Gasteiger partial charge in [-0.05, 0) is 24.6 Å². The fraction of sp³-hybridized carbons (Fsp3) is 0.500. The summed E-state index contributed by atoms with van der Waals surface area (Å²) in [4.78, 5) is 2.23. The molecule has 0 saturated carbocycles. The van der Waals surface area contributed by atoms with Crippen molar-refractivity contribution in [1.82, 2.24) is 0 Å². The molecule has 0 aliphatic carbocycles. The molecule has 0 amide bonds. The van der Waals surface area contributed by atoms with E-state index in [0.717, 1.165) is 17.6 Å². The van der Waals surface area contributed by atoms with Crippen LogP contribution in [0.5, 0.6) is 0 Å². The van der Waals surface area contributed by atoms with E-state index in [1.807, 2.05) is 0 Å². The second kappa shape index (κ2) is 4.35. The predicted molar refractivity (Wildman–Crippen MR) is 67.8 cm³/mol.